The van der Waals surface area contributed by atoms with Crippen LogP contribution in [-0.2, 0) is 14.8 Å². The second-order valence-corrected chi connectivity index (χ2v) is 7.27. The van der Waals surface area contributed by atoms with Gasteiger partial charge in [0.15, 0.2) is 0 Å². The molecule has 120 valence electrons. The van der Waals surface area contributed by atoms with Crippen molar-refractivity contribution in [1.82, 2.24) is 4.31 Å². The molecule has 0 radical (unpaired) electrons. The molecule has 1 rings (SSSR count). The number of ether oxygens (including phenoxy) is 1. The van der Waals surface area contributed by atoms with Gasteiger partial charge >= 0.3 is 0 Å². The van der Waals surface area contributed by atoms with Gasteiger partial charge in [-0.15, -0.1) is 0 Å². The number of hydrogen-bond donors (Lipinski definition) is 1. The average Bonchev–Trinajstić information content (AvgIpc) is 2.42. The minimum absolute atomic E-state index is 0.0451. The fraction of sp³-hybridized carbons (Fsp3) is 0.571. The van der Waals surface area contributed by atoms with Crippen LogP contribution in [0.3, 0.4) is 0 Å². The number of methoxy groups -OCH3 is 1. The molecule has 0 spiro atoms. The summed E-state index contributed by atoms with van der Waals surface area (Å²) in [6.07, 6.45) is 0.696. The normalized spacial score (nSPS) is 13.6. The lowest BCUT2D eigenvalue weighted by molar-refractivity contribution is 0.167. The highest BCUT2D eigenvalue weighted by Crippen LogP contribution is 2.30. The fourth-order valence-electron chi connectivity index (χ4n) is 1.95. The molecule has 1 atom stereocenters. The lowest BCUT2D eigenvalue weighted by atomic mass is 10.2. The van der Waals surface area contributed by atoms with E-state index in [0.29, 0.717) is 18.7 Å². The highest BCUT2D eigenvalue weighted by Gasteiger charge is 2.30. The van der Waals surface area contributed by atoms with Gasteiger partial charge in [0.05, 0.1) is 11.6 Å². The van der Waals surface area contributed by atoms with Gasteiger partial charge in [-0.1, -0.05) is 18.5 Å². The Morgan fingerprint density at radius 3 is 2.57 bits per heavy atom. The van der Waals surface area contributed by atoms with Gasteiger partial charge in [-0.2, -0.15) is 4.31 Å². The number of halogens is 1. The predicted molar refractivity (Wildman–Crippen MR) is 86.1 cm³/mol. The van der Waals surface area contributed by atoms with Crippen molar-refractivity contribution in [3.8, 4) is 0 Å². The second kappa shape index (κ2) is 7.45. The zero-order valence-corrected chi connectivity index (χ0v) is 14.5. The molecule has 1 aromatic carbocycles. The third kappa shape index (κ3) is 4.10. The first-order valence-electron chi connectivity index (χ1n) is 6.82. The molecule has 5 nitrogen and oxygen atoms in total. The fourth-order valence-corrected chi connectivity index (χ4v) is 4.24. The molecule has 0 heterocycles. The molecule has 7 heteroatoms. The first-order valence-corrected chi connectivity index (χ1v) is 8.63. The number of nitrogen functional groups attached to an aromatic ring is 1. The van der Waals surface area contributed by atoms with E-state index < -0.39 is 10.0 Å². The number of nitrogens with zero attached hydrogens (tertiary/aromatic N) is 1. The molecule has 21 heavy (non-hydrogen) atoms. The number of aryl methyl sites for hydroxylation is 1. The first kappa shape index (κ1) is 18.2. The molecule has 1 unspecified atom stereocenters. The second-order valence-electron chi connectivity index (χ2n) is 5.01. The van der Waals surface area contributed by atoms with Crippen molar-refractivity contribution < 1.29 is 13.2 Å². The van der Waals surface area contributed by atoms with Crippen LogP contribution in [0.2, 0.25) is 5.02 Å². The summed E-state index contributed by atoms with van der Waals surface area (Å²) >= 11 is 6.12. The van der Waals surface area contributed by atoms with Crippen molar-refractivity contribution >= 4 is 27.3 Å². The van der Waals surface area contributed by atoms with E-state index in [2.05, 4.69) is 0 Å². The lowest BCUT2D eigenvalue weighted by Crippen LogP contribution is -2.40. The summed E-state index contributed by atoms with van der Waals surface area (Å²) in [5.41, 5.74) is 7.00. The summed E-state index contributed by atoms with van der Waals surface area (Å²) in [7, 11) is -2.17. The van der Waals surface area contributed by atoms with Gasteiger partial charge in [-0.05, 0) is 38.0 Å². The smallest absolute Gasteiger partial charge is 0.244 e. The number of anilines is 1. The van der Waals surface area contributed by atoms with E-state index in [4.69, 9.17) is 22.1 Å². The van der Waals surface area contributed by atoms with Crippen LogP contribution in [0.15, 0.2) is 17.0 Å². The van der Waals surface area contributed by atoms with Crippen molar-refractivity contribution in [3.63, 3.8) is 0 Å². The monoisotopic (exact) mass is 334 g/mol. The van der Waals surface area contributed by atoms with Gasteiger partial charge < -0.3 is 10.5 Å². The van der Waals surface area contributed by atoms with Gasteiger partial charge in [0.2, 0.25) is 10.0 Å². The Balaban J connectivity index is 3.31. The van der Waals surface area contributed by atoms with E-state index in [0.717, 1.165) is 5.56 Å². The van der Waals surface area contributed by atoms with E-state index in [1.807, 2.05) is 13.8 Å². The molecule has 1 aromatic rings. The van der Waals surface area contributed by atoms with Crippen molar-refractivity contribution in [1.29, 1.82) is 0 Å². The van der Waals surface area contributed by atoms with E-state index in [-0.39, 0.29) is 22.5 Å². The summed E-state index contributed by atoms with van der Waals surface area (Å²) < 4.78 is 32.1. The van der Waals surface area contributed by atoms with Crippen LogP contribution in [-0.4, -0.2) is 39.0 Å². The molecule has 0 bridgehead atoms. The quantitative estimate of drug-likeness (QED) is 0.778. The minimum atomic E-state index is -3.71. The Morgan fingerprint density at radius 2 is 2.05 bits per heavy atom. The zero-order valence-electron chi connectivity index (χ0n) is 12.9. The Morgan fingerprint density at radius 1 is 1.43 bits per heavy atom. The Bertz CT molecular complexity index is 590. The van der Waals surface area contributed by atoms with Crippen LogP contribution in [0, 0.1) is 6.92 Å². The molecule has 0 aromatic heterocycles. The van der Waals surface area contributed by atoms with Gasteiger partial charge in [-0.3, -0.25) is 0 Å². The van der Waals surface area contributed by atoms with Crippen molar-refractivity contribution in [2.24, 2.45) is 0 Å². The van der Waals surface area contributed by atoms with E-state index in [9.17, 15) is 8.42 Å². The molecular formula is C14H23ClN2O3S. The molecule has 2 N–H and O–H groups in total. The molecule has 0 saturated heterocycles. The molecule has 0 saturated carbocycles. The minimum Gasteiger partial charge on any atom is -0.398 e. The third-order valence-electron chi connectivity index (χ3n) is 3.51. The van der Waals surface area contributed by atoms with Gasteiger partial charge in [-0.25, -0.2) is 8.42 Å². The summed E-state index contributed by atoms with van der Waals surface area (Å²) in [5.74, 6) is 0. The zero-order chi connectivity index (χ0) is 16.2. The van der Waals surface area contributed by atoms with Crippen LogP contribution >= 0.6 is 11.6 Å². The number of rotatable bonds is 7. The van der Waals surface area contributed by atoms with Gasteiger partial charge in [0, 0.05) is 25.4 Å². The molecule has 0 aliphatic carbocycles. The maximum atomic E-state index is 12.9. The molecule has 0 aliphatic heterocycles. The van der Waals surface area contributed by atoms with Crippen molar-refractivity contribution in [2.75, 3.05) is 26.0 Å². The van der Waals surface area contributed by atoms with Gasteiger partial charge in [0.1, 0.15) is 4.90 Å². The highest BCUT2D eigenvalue weighted by atomic mass is 35.5. The van der Waals surface area contributed by atoms with Crippen LogP contribution < -0.4 is 5.73 Å². The highest BCUT2D eigenvalue weighted by molar-refractivity contribution is 7.89. The number of nitrogens with two attached hydrogens (primary N) is 1. The SMILES string of the molecule is CCC(C)N(CCOC)S(=O)(=O)c1cc(N)c(C)cc1Cl. The standard InChI is InChI=1S/C14H23ClN2O3S/c1-5-11(3)17(6-7-20-4)21(18,19)14-9-13(16)10(2)8-12(14)15/h8-9,11H,5-7,16H2,1-4H3. The van der Waals surface area contributed by atoms with E-state index in [1.165, 1.54) is 17.5 Å². The van der Waals surface area contributed by atoms with Gasteiger partial charge in [0.25, 0.3) is 0 Å². The Kier molecular flexibility index (Phi) is 6.46. The van der Waals surface area contributed by atoms with Crippen LogP contribution in [0.25, 0.3) is 0 Å². The third-order valence-corrected chi connectivity index (χ3v) is 5.98. The maximum absolute atomic E-state index is 12.9. The maximum Gasteiger partial charge on any atom is 0.244 e. The van der Waals surface area contributed by atoms with E-state index >= 15 is 0 Å². The molecule has 0 amide bonds. The van der Waals surface area contributed by atoms with Crippen LogP contribution in [0.4, 0.5) is 5.69 Å². The lowest BCUT2D eigenvalue weighted by Gasteiger charge is -2.28. The topological polar surface area (TPSA) is 72.6 Å². The predicted octanol–water partition coefficient (Wildman–Crippen LogP) is 2.67. The van der Waals surface area contributed by atoms with Crippen LogP contribution in [0.5, 0.6) is 0 Å². The molecular weight excluding hydrogens is 312 g/mol. The largest absolute Gasteiger partial charge is 0.398 e. The summed E-state index contributed by atoms with van der Waals surface area (Å²) in [6, 6.07) is 2.85. The summed E-state index contributed by atoms with van der Waals surface area (Å²) in [6.45, 7) is 6.18. The number of benzene rings is 1. The molecule has 0 fully saturated rings. The average molecular weight is 335 g/mol. The van der Waals surface area contributed by atoms with Crippen LogP contribution in [0.1, 0.15) is 25.8 Å². The van der Waals surface area contributed by atoms with E-state index in [1.54, 1.807) is 13.0 Å². The summed E-state index contributed by atoms with van der Waals surface area (Å²) in [5, 5.41) is 0.187. The summed E-state index contributed by atoms with van der Waals surface area (Å²) in [4.78, 5) is 0.0451. The first-order chi connectivity index (χ1) is 9.75. The van der Waals surface area contributed by atoms with Crippen molar-refractivity contribution in [3.05, 3.63) is 22.7 Å². The molecule has 0 aliphatic rings. The number of sulfonamides is 1. The van der Waals surface area contributed by atoms with Crippen molar-refractivity contribution in [2.45, 2.75) is 38.1 Å². The number of hydrogen-bond acceptors (Lipinski definition) is 4. The Hall–Kier alpha value is -0.820. The Labute approximate surface area is 132 Å².